The Kier molecular flexibility index (Phi) is 7.70. The molecule has 26 heavy (non-hydrogen) atoms. The minimum atomic E-state index is -0.654. The van der Waals surface area contributed by atoms with Gasteiger partial charge in [0.2, 0.25) is 6.79 Å². The molecule has 5 nitrogen and oxygen atoms in total. The Morgan fingerprint density at radius 1 is 1.23 bits per heavy atom. The average Bonchev–Trinajstić information content (AvgIpc) is 3.08. The fourth-order valence-electron chi connectivity index (χ4n) is 3.02. The Labute approximate surface area is 155 Å². The van der Waals surface area contributed by atoms with Crippen LogP contribution in [0.3, 0.4) is 0 Å². The van der Waals surface area contributed by atoms with E-state index in [1.807, 2.05) is 12.1 Å². The van der Waals surface area contributed by atoms with Gasteiger partial charge in [-0.1, -0.05) is 24.6 Å². The van der Waals surface area contributed by atoms with Gasteiger partial charge >= 0.3 is 5.97 Å². The van der Waals surface area contributed by atoms with Crippen LogP contribution < -0.4 is 9.47 Å². The lowest BCUT2D eigenvalue weighted by Crippen LogP contribution is -2.24. The van der Waals surface area contributed by atoms with Crippen molar-refractivity contribution in [2.45, 2.75) is 52.9 Å². The maximum Gasteiger partial charge on any atom is 0.316 e. The standard InChI is InChI=1S/C21H28O5/c1-4-16(9-11-18(15(3)22)21(23)24-5-2)7-6-8-17-10-12-19-20(13-17)26-14-25-19/h7,10,12-13,18H,4-6,8-9,11,14H2,1-3H3/b16-7+. The van der Waals surface area contributed by atoms with Crippen molar-refractivity contribution >= 4 is 11.8 Å². The van der Waals surface area contributed by atoms with Crippen molar-refractivity contribution in [2.75, 3.05) is 13.4 Å². The first-order valence-electron chi connectivity index (χ1n) is 9.28. The summed E-state index contributed by atoms with van der Waals surface area (Å²) in [5, 5.41) is 0. The summed E-state index contributed by atoms with van der Waals surface area (Å²) in [5.41, 5.74) is 2.47. The smallest absolute Gasteiger partial charge is 0.316 e. The molecule has 0 spiro atoms. The first kappa shape index (κ1) is 20.0. The molecule has 0 saturated heterocycles. The number of benzene rings is 1. The van der Waals surface area contributed by atoms with Gasteiger partial charge in [-0.25, -0.2) is 0 Å². The van der Waals surface area contributed by atoms with Crippen LogP contribution in [0.25, 0.3) is 0 Å². The molecule has 0 saturated carbocycles. The van der Waals surface area contributed by atoms with Crippen LogP contribution in [0.15, 0.2) is 29.8 Å². The highest BCUT2D eigenvalue weighted by atomic mass is 16.7. The van der Waals surface area contributed by atoms with Gasteiger partial charge in [0.05, 0.1) is 6.61 Å². The van der Waals surface area contributed by atoms with E-state index in [0.717, 1.165) is 37.2 Å². The summed E-state index contributed by atoms with van der Waals surface area (Å²) in [6, 6.07) is 6.02. The van der Waals surface area contributed by atoms with Gasteiger partial charge in [0.25, 0.3) is 0 Å². The van der Waals surface area contributed by atoms with Crippen molar-refractivity contribution < 1.29 is 23.8 Å². The number of hydrogen-bond donors (Lipinski definition) is 0. The number of rotatable bonds is 10. The van der Waals surface area contributed by atoms with E-state index < -0.39 is 11.9 Å². The third-order valence-corrected chi connectivity index (χ3v) is 4.57. The fourth-order valence-corrected chi connectivity index (χ4v) is 3.02. The van der Waals surface area contributed by atoms with Crippen molar-refractivity contribution in [3.05, 3.63) is 35.4 Å². The first-order chi connectivity index (χ1) is 12.5. The van der Waals surface area contributed by atoms with E-state index >= 15 is 0 Å². The number of aryl methyl sites for hydroxylation is 1. The van der Waals surface area contributed by atoms with E-state index in [9.17, 15) is 9.59 Å². The van der Waals surface area contributed by atoms with E-state index in [1.165, 1.54) is 18.1 Å². The largest absolute Gasteiger partial charge is 0.465 e. The lowest BCUT2D eigenvalue weighted by atomic mass is 9.94. The van der Waals surface area contributed by atoms with Crippen LogP contribution in [0.2, 0.25) is 0 Å². The number of esters is 1. The molecule has 5 heteroatoms. The predicted octanol–water partition coefficient (Wildman–Crippen LogP) is 4.23. The maximum absolute atomic E-state index is 11.9. The normalized spacial score (nSPS) is 14.2. The molecule has 0 fully saturated rings. The van der Waals surface area contributed by atoms with Gasteiger partial charge in [0, 0.05) is 0 Å². The Bertz CT molecular complexity index is 662. The summed E-state index contributed by atoms with van der Waals surface area (Å²) in [6.45, 7) is 5.89. The summed E-state index contributed by atoms with van der Waals surface area (Å²) in [7, 11) is 0. The van der Waals surface area contributed by atoms with E-state index in [4.69, 9.17) is 14.2 Å². The van der Waals surface area contributed by atoms with Crippen molar-refractivity contribution in [1.29, 1.82) is 0 Å². The maximum atomic E-state index is 11.9. The van der Waals surface area contributed by atoms with E-state index in [-0.39, 0.29) is 12.6 Å². The molecular weight excluding hydrogens is 332 g/mol. The molecule has 1 aromatic rings. The Balaban J connectivity index is 1.87. The topological polar surface area (TPSA) is 61.8 Å². The predicted molar refractivity (Wildman–Crippen MR) is 99.3 cm³/mol. The van der Waals surface area contributed by atoms with Crippen LogP contribution in [-0.2, 0) is 20.7 Å². The summed E-state index contributed by atoms with van der Waals surface area (Å²) >= 11 is 0. The zero-order chi connectivity index (χ0) is 18.9. The second kappa shape index (κ2) is 10.00. The SMILES string of the molecule is CCOC(=O)C(CC/C(=C/CCc1ccc2c(c1)OCO2)CC)C(C)=O. The average molecular weight is 360 g/mol. The van der Waals surface area contributed by atoms with Gasteiger partial charge in [0.15, 0.2) is 11.5 Å². The molecule has 0 aromatic heterocycles. The summed E-state index contributed by atoms with van der Waals surface area (Å²) in [5.74, 6) is 0.419. The number of Topliss-reactive ketones (excluding diaryl/α,β-unsaturated/α-hetero) is 1. The molecule has 0 bridgehead atoms. The molecule has 1 aliphatic heterocycles. The van der Waals surface area contributed by atoms with Crippen LogP contribution >= 0.6 is 0 Å². The van der Waals surface area contributed by atoms with Crippen LogP contribution in [0.1, 0.15) is 52.0 Å². The molecule has 1 heterocycles. The molecule has 1 aromatic carbocycles. The van der Waals surface area contributed by atoms with Gasteiger partial charge in [-0.15, -0.1) is 0 Å². The molecule has 1 unspecified atom stereocenters. The monoisotopic (exact) mass is 360 g/mol. The highest BCUT2D eigenvalue weighted by Gasteiger charge is 2.24. The zero-order valence-electron chi connectivity index (χ0n) is 15.9. The van der Waals surface area contributed by atoms with E-state index in [0.29, 0.717) is 13.0 Å². The highest BCUT2D eigenvalue weighted by molar-refractivity contribution is 5.97. The molecular formula is C21H28O5. The molecule has 0 aliphatic carbocycles. The van der Waals surface area contributed by atoms with Gasteiger partial charge in [-0.3, -0.25) is 9.59 Å². The molecule has 1 atom stereocenters. The van der Waals surface area contributed by atoms with Crippen molar-refractivity contribution in [3.8, 4) is 11.5 Å². The third kappa shape index (κ3) is 5.61. The molecule has 1 aliphatic rings. The number of allylic oxidation sites excluding steroid dienone is 2. The van der Waals surface area contributed by atoms with Crippen LogP contribution in [0.5, 0.6) is 11.5 Å². The Morgan fingerprint density at radius 3 is 2.69 bits per heavy atom. The number of ether oxygens (including phenoxy) is 3. The van der Waals surface area contributed by atoms with E-state index in [1.54, 1.807) is 6.92 Å². The minimum Gasteiger partial charge on any atom is -0.465 e. The van der Waals surface area contributed by atoms with Crippen molar-refractivity contribution in [2.24, 2.45) is 5.92 Å². The lowest BCUT2D eigenvalue weighted by Gasteiger charge is -2.13. The van der Waals surface area contributed by atoms with Gasteiger partial charge in [0.1, 0.15) is 11.7 Å². The summed E-state index contributed by atoms with van der Waals surface area (Å²) in [6.07, 6.45) is 6.20. The number of ketones is 1. The number of fused-ring (bicyclic) bond motifs is 1. The second-order valence-corrected chi connectivity index (χ2v) is 6.40. The van der Waals surface area contributed by atoms with Crippen molar-refractivity contribution in [3.63, 3.8) is 0 Å². The van der Waals surface area contributed by atoms with Gasteiger partial charge in [-0.2, -0.15) is 0 Å². The fraction of sp³-hybridized carbons (Fsp3) is 0.524. The van der Waals surface area contributed by atoms with Gasteiger partial charge in [-0.05, 0) is 63.6 Å². The summed E-state index contributed by atoms with van der Waals surface area (Å²) < 4.78 is 15.7. The minimum absolute atomic E-state index is 0.126. The molecule has 0 amide bonds. The molecule has 0 radical (unpaired) electrons. The highest BCUT2D eigenvalue weighted by Crippen LogP contribution is 2.32. The van der Waals surface area contributed by atoms with Crippen LogP contribution in [0.4, 0.5) is 0 Å². The Hall–Kier alpha value is -2.30. The quantitative estimate of drug-likeness (QED) is 0.355. The molecule has 0 N–H and O–H groups in total. The summed E-state index contributed by atoms with van der Waals surface area (Å²) in [4.78, 5) is 23.6. The van der Waals surface area contributed by atoms with Crippen molar-refractivity contribution in [1.82, 2.24) is 0 Å². The second-order valence-electron chi connectivity index (χ2n) is 6.40. The molecule has 142 valence electrons. The Morgan fingerprint density at radius 2 is 2.00 bits per heavy atom. The van der Waals surface area contributed by atoms with Gasteiger partial charge < -0.3 is 14.2 Å². The first-order valence-corrected chi connectivity index (χ1v) is 9.28. The number of carbonyl (C=O) groups is 2. The van der Waals surface area contributed by atoms with Crippen LogP contribution in [0, 0.1) is 5.92 Å². The molecule has 2 rings (SSSR count). The lowest BCUT2D eigenvalue weighted by molar-refractivity contribution is -0.151. The number of carbonyl (C=O) groups excluding carboxylic acids is 2. The van der Waals surface area contributed by atoms with Crippen LogP contribution in [-0.4, -0.2) is 25.2 Å². The number of hydrogen-bond acceptors (Lipinski definition) is 5. The van der Waals surface area contributed by atoms with E-state index in [2.05, 4.69) is 19.1 Å². The zero-order valence-corrected chi connectivity index (χ0v) is 15.9. The third-order valence-electron chi connectivity index (χ3n) is 4.57.